The molecule has 34 heavy (non-hydrogen) atoms. The average Bonchev–Trinajstić information content (AvgIpc) is 2.80. The van der Waals surface area contributed by atoms with Crippen molar-refractivity contribution in [1.29, 1.82) is 0 Å². The standard InChI is InChI=1S/C15H24O14.C3H2O2/c16-2-4-8(20)10(22)12(24)14(26-4)28-6(18)1-7(19)29-15-13(25)11(23)9(21)5(3-17)27-15;4-2-1-3-5/h4-5,8-17,20-25H,1-3H2;1H2/t4-,5-,8-,9-,10+,11+,12-,13-,14?,15?;/m1./s1. The van der Waals surface area contributed by atoms with Crippen molar-refractivity contribution < 1.29 is 79.0 Å². The predicted molar refractivity (Wildman–Crippen MR) is 100 cm³/mol. The monoisotopic (exact) mass is 498 g/mol. The smallest absolute Gasteiger partial charge is 0.319 e. The molecule has 2 rings (SSSR count). The Labute approximate surface area is 191 Å². The molecule has 16 nitrogen and oxygen atoms in total. The van der Waals surface area contributed by atoms with Crippen molar-refractivity contribution in [2.45, 2.75) is 74.3 Å². The molecular formula is C18H26O16. The number of aliphatic hydroxyl groups excluding tert-OH is 8. The Balaban J connectivity index is 0.00000104. The van der Waals surface area contributed by atoms with Crippen LogP contribution in [-0.2, 0) is 38.1 Å². The second kappa shape index (κ2) is 14.3. The fraction of sp³-hybridized carbons (Fsp3) is 0.778. The van der Waals surface area contributed by atoms with E-state index >= 15 is 0 Å². The molecule has 0 aromatic carbocycles. The van der Waals surface area contributed by atoms with E-state index in [-0.39, 0.29) is 6.42 Å². The minimum atomic E-state index is -1.86. The second-order valence-corrected chi connectivity index (χ2v) is 7.02. The van der Waals surface area contributed by atoms with Gasteiger partial charge in [0.1, 0.15) is 55.3 Å². The Morgan fingerprint density at radius 2 is 1.00 bits per heavy atom. The van der Waals surface area contributed by atoms with Gasteiger partial charge in [-0.15, -0.1) is 0 Å². The van der Waals surface area contributed by atoms with Crippen molar-refractivity contribution in [3.63, 3.8) is 0 Å². The van der Waals surface area contributed by atoms with Gasteiger partial charge >= 0.3 is 11.9 Å². The van der Waals surface area contributed by atoms with Gasteiger partial charge in [-0.2, -0.15) is 0 Å². The first-order valence-electron chi connectivity index (χ1n) is 9.72. The van der Waals surface area contributed by atoms with E-state index in [0.717, 1.165) is 0 Å². The van der Waals surface area contributed by atoms with Gasteiger partial charge in [0, 0.05) is 0 Å². The van der Waals surface area contributed by atoms with E-state index in [2.05, 4.69) is 0 Å². The third-order valence-corrected chi connectivity index (χ3v) is 4.63. The highest BCUT2D eigenvalue weighted by atomic mass is 16.7. The number of aliphatic hydroxyl groups is 8. The quantitative estimate of drug-likeness (QED) is 0.114. The minimum Gasteiger partial charge on any atom is -0.432 e. The first-order valence-corrected chi connectivity index (χ1v) is 9.72. The molecule has 194 valence electrons. The molecule has 2 radical (unpaired) electrons. The molecule has 0 aliphatic carbocycles. The molecule has 0 amide bonds. The van der Waals surface area contributed by atoms with E-state index in [1.165, 1.54) is 12.6 Å². The van der Waals surface area contributed by atoms with Crippen molar-refractivity contribution in [2.75, 3.05) is 13.2 Å². The minimum absolute atomic E-state index is 0.222. The molecule has 2 aliphatic heterocycles. The summed E-state index contributed by atoms with van der Waals surface area (Å²) in [5.74, 6) is -2.58. The second-order valence-electron chi connectivity index (χ2n) is 7.02. The van der Waals surface area contributed by atoms with Crippen molar-refractivity contribution in [3.8, 4) is 0 Å². The fourth-order valence-corrected chi connectivity index (χ4v) is 2.82. The van der Waals surface area contributed by atoms with Crippen molar-refractivity contribution in [1.82, 2.24) is 0 Å². The SMILES string of the molecule is O=C(CC(=O)OC1O[C@H](CO)[C@@H](O)[C@H](O)[C@H]1O)OC1O[C@H](CO)[C@@H](O)[C@H](O)[C@H]1O.O=[C]C[C]=O. The average molecular weight is 498 g/mol. The Morgan fingerprint density at radius 3 is 1.26 bits per heavy atom. The summed E-state index contributed by atoms with van der Waals surface area (Å²) in [7, 11) is 0. The van der Waals surface area contributed by atoms with E-state index in [1.54, 1.807) is 0 Å². The van der Waals surface area contributed by atoms with Crippen LogP contribution in [0.15, 0.2) is 0 Å². The van der Waals surface area contributed by atoms with Crippen LogP contribution in [0.3, 0.4) is 0 Å². The van der Waals surface area contributed by atoms with Crippen molar-refractivity contribution >= 4 is 24.5 Å². The first kappa shape index (κ1) is 29.9. The van der Waals surface area contributed by atoms with Crippen molar-refractivity contribution in [3.05, 3.63) is 0 Å². The third-order valence-electron chi connectivity index (χ3n) is 4.63. The highest BCUT2D eigenvalue weighted by molar-refractivity contribution is 5.91. The van der Waals surface area contributed by atoms with Crippen LogP contribution < -0.4 is 0 Å². The topological polar surface area (TPSA) is 267 Å². The lowest BCUT2D eigenvalue weighted by Crippen LogP contribution is -2.60. The molecule has 8 N–H and O–H groups in total. The summed E-state index contributed by atoms with van der Waals surface area (Å²) in [6.45, 7) is -1.50. The molecular weight excluding hydrogens is 472 g/mol. The molecule has 2 fully saturated rings. The van der Waals surface area contributed by atoms with Gasteiger partial charge in [-0.25, -0.2) is 0 Å². The highest BCUT2D eigenvalue weighted by Gasteiger charge is 2.47. The van der Waals surface area contributed by atoms with E-state index < -0.39 is 93.0 Å². The third kappa shape index (κ3) is 7.98. The van der Waals surface area contributed by atoms with Crippen LogP contribution in [0.25, 0.3) is 0 Å². The molecule has 10 atom stereocenters. The van der Waals surface area contributed by atoms with E-state index in [9.17, 15) is 40.2 Å². The van der Waals surface area contributed by atoms with Crippen LogP contribution >= 0.6 is 0 Å². The van der Waals surface area contributed by atoms with Gasteiger partial charge < -0.3 is 59.8 Å². The van der Waals surface area contributed by atoms with E-state index in [1.807, 2.05) is 0 Å². The van der Waals surface area contributed by atoms with Gasteiger partial charge in [-0.3, -0.25) is 19.2 Å². The van der Waals surface area contributed by atoms with Crippen LogP contribution in [0.4, 0.5) is 0 Å². The maximum absolute atomic E-state index is 11.9. The molecule has 0 aromatic heterocycles. The number of ether oxygens (including phenoxy) is 4. The zero-order valence-corrected chi connectivity index (χ0v) is 17.4. The Kier molecular flexibility index (Phi) is 12.6. The molecule has 0 bridgehead atoms. The summed E-state index contributed by atoms with van der Waals surface area (Å²) < 4.78 is 19.3. The zero-order valence-electron chi connectivity index (χ0n) is 17.4. The van der Waals surface area contributed by atoms with Crippen LogP contribution in [0.2, 0.25) is 0 Å². The summed E-state index contributed by atoms with van der Waals surface area (Å²) in [6, 6.07) is 0. The highest BCUT2D eigenvalue weighted by Crippen LogP contribution is 2.24. The molecule has 2 aliphatic rings. The largest absolute Gasteiger partial charge is 0.432 e. The van der Waals surface area contributed by atoms with E-state index in [0.29, 0.717) is 0 Å². The zero-order chi connectivity index (χ0) is 26.0. The normalized spacial score (nSPS) is 37.5. The van der Waals surface area contributed by atoms with Crippen LogP contribution in [0.5, 0.6) is 0 Å². The first-order chi connectivity index (χ1) is 16.0. The lowest BCUT2D eigenvalue weighted by atomic mass is 9.99. The molecule has 16 heteroatoms. The number of carbonyl (C=O) groups is 2. The van der Waals surface area contributed by atoms with Gasteiger partial charge in [0.25, 0.3) is 0 Å². The predicted octanol–water partition coefficient (Wildman–Crippen LogP) is -6.34. The number of esters is 2. The van der Waals surface area contributed by atoms with Crippen LogP contribution in [0.1, 0.15) is 12.8 Å². The maximum Gasteiger partial charge on any atom is 0.319 e. The lowest BCUT2D eigenvalue weighted by Gasteiger charge is -2.39. The summed E-state index contributed by atoms with van der Waals surface area (Å²) in [5.41, 5.74) is 0. The summed E-state index contributed by atoms with van der Waals surface area (Å²) in [6.07, 6.45) is -15.5. The number of carbonyl (C=O) groups excluding carboxylic acids is 4. The molecule has 2 unspecified atom stereocenters. The van der Waals surface area contributed by atoms with Crippen molar-refractivity contribution in [2.24, 2.45) is 0 Å². The van der Waals surface area contributed by atoms with Crippen LogP contribution in [-0.4, -0.2) is 140 Å². The molecule has 0 saturated carbocycles. The molecule has 0 spiro atoms. The summed E-state index contributed by atoms with van der Waals surface area (Å²) in [5, 5.41) is 76.2. The lowest BCUT2D eigenvalue weighted by molar-refractivity contribution is -0.296. The summed E-state index contributed by atoms with van der Waals surface area (Å²) in [4.78, 5) is 41.7. The fourth-order valence-electron chi connectivity index (χ4n) is 2.82. The molecule has 0 aromatic rings. The van der Waals surface area contributed by atoms with Gasteiger partial charge in [0.2, 0.25) is 25.2 Å². The van der Waals surface area contributed by atoms with Gasteiger partial charge in [0.15, 0.2) is 0 Å². The number of hydrogen-bond donors (Lipinski definition) is 8. The van der Waals surface area contributed by atoms with Gasteiger partial charge in [-0.1, -0.05) is 0 Å². The Bertz CT molecular complexity index is 614. The maximum atomic E-state index is 11.9. The van der Waals surface area contributed by atoms with E-state index in [4.69, 9.17) is 38.7 Å². The Morgan fingerprint density at radius 1 is 0.647 bits per heavy atom. The van der Waals surface area contributed by atoms with Crippen LogP contribution in [0, 0.1) is 0 Å². The summed E-state index contributed by atoms with van der Waals surface area (Å²) >= 11 is 0. The molecule has 2 saturated heterocycles. The van der Waals surface area contributed by atoms with Gasteiger partial charge in [0.05, 0.1) is 19.6 Å². The Hall–Kier alpha value is -2.12. The molecule has 2 heterocycles. The number of hydrogen-bond acceptors (Lipinski definition) is 16. The number of rotatable bonds is 8. The van der Waals surface area contributed by atoms with Gasteiger partial charge in [-0.05, 0) is 0 Å².